The minimum atomic E-state index is -1.17. The van der Waals surface area contributed by atoms with Crippen LogP contribution >= 0.6 is 0 Å². The zero-order valence-corrected chi connectivity index (χ0v) is 19.3. The average Bonchev–Trinajstić information content (AvgIpc) is 3.39. The van der Waals surface area contributed by atoms with Crippen molar-refractivity contribution in [3.05, 3.63) is 93.7 Å². The van der Waals surface area contributed by atoms with Crippen molar-refractivity contribution in [1.29, 1.82) is 5.26 Å². The van der Waals surface area contributed by atoms with Gasteiger partial charge in [-0.05, 0) is 24.3 Å². The standard InChI is InChI=1S/C26H18N4O7/c1-37-26(34)17-7-2-3-8-18(17)29-24(32)20-19-11-14(13-27)9-10-28(19)22(21(20)25(29)33)23(31)15-5-4-6-16(12-15)30(35)36/h2-12,19-22H,1H3/t19-,20-,21-,22+/m0/s1. The zero-order valence-electron chi connectivity index (χ0n) is 19.3. The zero-order chi connectivity index (χ0) is 26.4. The third kappa shape index (κ3) is 3.58. The molecule has 5 rings (SSSR count). The molecule has 2 aromatic carbocycles. The molecule has 11 nitrogen and oxygen atoms in total. The molecule has 37 heavy (non-hydrogen) atoms. The van der Waals surface area contributed by atoms with Crippen molar-refractivity contribution in [2.24, 2.45) is 11.8 Å². The second-order valence-corrected chi connectivity index (χ2v) is 8.68. The highest BCUT2D eigenvalue weighted by molar-refractivity contribution is 6.26. The molecule has 3 heterocycles. The van der Waals surface area contributed by atoms with Gasteiger partial charge in [-0.3, -0.25) is 24.5 Å². The van der Waals surface area contributed by atoms with E-state index in [1.54, 1.807) is 17.0 Å². The Balaban J connectivity index is 1.63. The number of nitrogens with zero attached hydrogens (tertiary/aromatic N) is 4. The molecular formula is C26H18N4O7. The van der Waals surface area contributed by atoms with Crippen LogP contribution in [0.2, 0.25) is 0 Å². The van der Waals surface area contributed by atoms with E-state index in [1.165, 1.54) is 55.8 Å². The van der Waals surface area contributed by atoms with Gasteiger partial charge in [0, 0.05) is 23.9 Å². The summed E-state index contributed by atoms with van der Waals surface area (Å²) in [6.07, 6.45) is 4.50. The van der Waals surface area contributed by atoms with Crippen molar-refractivity contribution in [3.8, 4) is 6.07 Å². The molecule has 184 valence electrons. The summed E-state index contributed by atoms with van der Waals surface area (Å²) < 4.78 is 4.80. The van der Waals surface area contributed by atoms with Gasteiger partial charge in [-0.15, -0.1) is 0 Å². The highest BCUT2D eigenvalue weighted by Crippen LogP contribution is 2.47. The number of esters is 1. The first-order chi connectivity index (χ1) is 17.8. The molecule has 4 atom stereocenters. The number of ether oxygens (including phenoxy) is 1. The first-order valence-corrected chi connectivity index (χ1v) is 11.2. The number of allylic oxidation sites excluding steroid dienone is 2. The number of ketones is 1. The normalized spacial score (nSPS) is 23.7. The van der Waals surface area contributed by atoms with Gasteiger partial charge in [0.05, 0.1) is 52.8 Å². The number of carbonyl (C=O) groups is 4. The molecule has 11 heteroatoms. The van der Waals surface area contributed by atoms with E-state index in [2.05, 4.69) is 0 Å². The van der Waals surface area contributed by atoms with E-state index < -0.39 is 52.4 Å². The molecule has 0 aromatic heterocycles. The number of hydrogen-bond donors (Lipinski definition) is 0. The molecule has 2 fully saturated rings. The lowest BCUT2D eigenvalue weighted by atomic mass is 9.86. The molecule has 2 amide bonds. The van der Waals surface area contributed by atoms with E-state index >= 15 is 0 Å². The second-order valence-electron chi connectivity index (χ2n) is 8.68. The molecule has 0 N–H and O–H groups in total. The summed E-state index contributed by atoms with van der Waals surface area (Å²) >= 11 is 0. The van der Waals surface area contributed by atoms with Gasteiger partial charge in [0.2, 0.25) is 11.8 Å². The van der Waals surface area contributed by atoms with Crippen LogP contribution in [0.15, 0.2) is 72.5 Å². The van der Waals surface area contributed by atoms with Crippen molar-refractivity contribution in [2.75, 3.05) is 12.0 Å². The van der Waals surface area contributed by atoms with Crippen molar-refractivity contribution in [3.63, 3.8) is 0 Å². The summed E-state index contributed by atoms with van der Waals surface area (Å²) in [6, 6.07) is 11.2. The van der Waals surface area contributed by atoms with E-state index in [0.29, 0.717) is 0 Å². The Labute approximate surface area is 210 Å². The van der Waals surface area contributed by atoms with Crippen LogP contribution in [0.5, 0.6) is 0 Å². The van der Waals surface area contributed by atoms with Crippen LogP contribution in [0.25, 0.3) is 0 Å². The molecule has 3 aliphatic heterocycles. The number of nitro benzene ring substituents is 1. The maximum Gasteiger partial charge on any atom is 0.339 e. The Morgan fingerprint density at radius 1 is 1.08 bits per heavy atom. The number of hydrogen-bond acceptors (Lipinski definition) is 9. The number of methoxy groups -OCH3 is 1. The fraction of sp³-hybridized carbons (Fsp3) is 0.192. The number of para-hydroxylation sites is 1. The van der Waals surface area contributed by atoms with Crippen LogP contribution in [0.1, 0.15) is 20.7 Å². The van der Waals surface area contributed by atoms with Crippen molar-refractivity contribution in [1.82, 2.24) is 4.90 Å². The van der Waals surface area contributed by atoms with Gasteiger partial charge >= 0.3 is 5.97 Å². The number of amides is 2. The second kappa shape index (κ2) is 8.83. The Bertz CT molecular complexity index is 1490. The minimum absolute atomic E-state index is 0.00175. The maximum absolute atomic E-state index is 13.8. The number of rotatable bonds is 5. The van der Waals surface area contributed by atoms with Crippen LogP contribution in [0, 0.1) is 33.3 Å². The Morgan fingerprint density at radius 2 is 1.81 bits per heavy atom. The molecule has 0 radical (unpaired) electrons. The highest BCUT2D eigenvalue weighted by Gasteiger charge is 2.63. The third-order valence-corrected chi connectivity index (χ3v) is 6.84. The number of fused-ring (bicyclic) bond motifs is 3. The molecule has 2 saturated heterocycles. The summed E-state index contributed by atoms with van der Waals surface area (Å²) in [5, 5.41) is 20.7. The molecule has 0 spiro atoms. The van der Waals surface area contributed by atoms with Gasteiger partial charge in [0.25, 0.3) is 5.69 Å². The summed E-state index contributed by atoms with van der Waals surface area (Å²) in [5.41, 5.74) is 0.0117. The van der Waals surface area contributed by atoms with E-state index in [9.17, 15) is 34.6 Å². The van der Waals surface area contributed by atoms with Gasteiger partial charge in [-0.1, -0.05) is 24.3 Å². The molecular weight excluding hydrogens is 480 g/mol. The largest absolute Gasteiger partial charge is 0.465 e. The molecule has 0 unspecified atom stereocenters. The molecule has 0 saturated carbocycles. The van der Waals surface area contributed by atoms with Gasteiger partial charge in [0.1, 0.15) is 6.04 Å². The van der Waals surface area contributed by atoms with Gasteiger partial charge in [-0.2, -0.15) is 5.26 Å². The average molecular weight is 498 g/mol. The van der Waals surface area contributed by atoms with Crippen molar-refractivity contribution < 1.29 is 28.8 Å². The predicted molar refractivity (Wildman–Crippen MR) is 127 cm³/mol. The number of nitro groups is 1. The smallest absolute Gasteiger partial charge is 0.339 e. The van der Waals surface area contributed by atoms with Gasteiger partial charge in [0.15, 0.2) is 5.78 Å². The topological polar surface area (TPSA) is 151 Å². The lowest BCUT2D eigenvalue weighted by Crippen LogP contribution is -2.46. The van der Waals surface area contributed by atoms with Gasteiger partial charge < -0.3 is 9.64 Å². The van der Waals surface area contributed by atoms with Gasteiger partial charge in [-0.25, -0.2) is 9.69 Å². The van der Waals surface area contributed by atoms with Crippen LogP contribution in [0.4, 0.5) is 11.4 Å². The first kappa shape index (κ1) is 23.6. The SMILES string of the molecule is COC(=O)c1ccccc1N1C(=O)[C@@H]2[C@H](C1=O)[C@H](C(=O)c1cccc([N+](=O)[O-])c1)N1C=CC(C#N)=C[C@@H]21. The number of nitriles is 1. The summed E-state index contributed by atoms with van der Waals surface area (Å²) in [5.74, 6) is -4.83. The number of Topliss-reactive ketones (excluding diaryl/α,β-unsaturated/α-hetero) is 1. The van der Waals surface area contributed by atoms with E-state index in [0.717, 1.165) is 11.0 Å². The fourth-order valence-electron chi connectivity index (χ4n) is 5.25. The molecule has 3 aliphatic rings. The van der Waals surface area contributed by atoms with Crippen LogP contribution in [-0.4, -0.2) is 52.6 Å². The molecule has 0 bridgehead atoms. The predicted octanol–water partition coefficient (Wildman–Crippen LogP) is 2.40. The molecule has 2 aromatic rings. The fourth-order valence-corrected chi connectivity index (χ4v) is 5.25. The lowest BCUT2D eigenvalue weighted by molar-refractivity contribution is -0.384. The number of carbonyl (C=O) groups excluding carboxylic acids is 4. The Hall–Kier alpha value is -5.11. The summed E-state index contributed by atoms with van der Waals surface area (Å²) in [4.78, 5) is 66.8. The van der Waals surface area contributed by atoms with Crippen molar-refractivity contribution >= 4 is 34.9 Å². The monoisotopic (exact) mass is 498 g/mol. The van der Waals surface area contributed by atoms with Crippen LogP contribution in [0.3, 0.4) is 0 Å². The number of anilines is 1. The van der Waals surface area contributed by atoms with Crippen LogP contribution < -0.4 is 4.90 Å². The minimum Gasteiger partial charge on any atom is -0.465 e. The van der Waals surface area contributed by atoms with E-state index in [4.69, 9.17) is 4.74 Å². The van der Waals surface area contributed by atoms with E-state index in [1.807, 2.05) is 6.07 Å². The quantitative estimate of drug-likeness (QED) is 0.199. The molecule has 0 aliphatic carbocycles. The van der Waals surface area contributed by atoms with Crippen molar-refractivity contribution in [2.45, 2.75) is 12.1 Å². The summed E-state index contributed by atoms with van der Waals surface area (Å²) in [7, 11) is 1.18. The number of benzene rings is 2. The first-order valence-electron chi connectivity index (χ1n) is 11.2. The summed E-state index contributed by atoms with van der Waals surface area (Å²) in [6.45, 7) is 0. The Morgan fingerprint density at radius 3 is 2.51 bits per heavy atom. The number of non-ortho nitro benzene ring substituents is 1. The van der Waals surface area contributed by atoms with Crippen LogP contribution in [-0.2, 0) is 14.3 Å². The maximum atomic E-state index is 13.8. The lowest BCUT2D eigenvalue weighted by Gasteiger charge is -2.32. The highest BCUT2D eigenvalue weighted by atomic mass is 16.6. The Kier molecular flexibility index (Phi) is 5.64. The third-order valence-electron chi connectivity index (χ3n) is 6.84. The number of imide groups is 1. The van der Waals surface area contributed by atoms with E-state index in [-0.39, 0.29) is 28.1 Å².